The van der Waals surface area contributed by atoms with Crippen LogP contribution in [0, 0.1) is 5.92 Å². The van der Waals surface area contributed by atoms with Gasteiger partial charge in [-0.05, 0) is 17.7 Å². The molecule has 1 aliphatic rings. The molecule has 1 atom stereocenters. The number of nitrogens with two attached hydrogens (primary N) is 1. The van der Waals surface area contributed by atoms with Crippen molar-refractivity contribution >= 4 is 27.5 Å². The van der Waals surface area contributed by atoms with E-state index in [9.17, 15) is 0 Å². The van der Waals surface area contributed by atoms with Gasteiger partial charge in [0.2, 0.25) is 0 Å². The van der Waals surface area contributed by atoms with Crippen LogP contribution in [0.5, 0.6) is 0 Å². The number of rotatable bonds is 1. The first-order chi connectivity index (χ1) is 7.16. The molecule has 0 aromatic heterocycles. The van der Waals surface area contributed by atoms with Gasteiger partial charge in [-0.25, -0.2) is 0 Å². The highest BCUT2D eigenvalue weighted by molar-refractivity contribution is 9.10. The van der Waals surface area contributed by atoms with Gasteiger partial charge in [-0.1, -0.05) is 35.0 Å². The molecule has 3 nitrogen and oxygen atoms in total. The van der Waals surface area contributed by atoms with Crippen LogP contribution >= 0.6 is 15.9 Å². The molecular formula is C11H12BrN3. The monoisotopic (exact) mass is 265 g/mol. The third-order valence-electron chi connectivity index (χ3n) is 2.45. The third kappa shape index (κ3) is 2.26. The smallest absolute Gasteiger partial charge is 0.125 e. The Kier molecular flexibility index (Phi) is 2.86. The van der Waals surface area contributed by atoms with Crippen molar-refractivity contribution in [1.29, 1.82) is 0 Å². The molecule has 0 saturated carbocycles. The summed E-state index contributed by atoms with van der Waals surface area (Å²) in [5, 5.41) is 8.10. The Morgan fingerprint density at radius 2 is 2.20 bits per heavy atom. The van der Waals surface area contributed by atoms with Gasteiger partial charge in [0.25, 0.3) is 0 Å². The summed E-state index contributed by atoms with van der Waals surface area (Å²) < 4.78 is 1.05. The van der Waals surface area contributed by atoms with E-state index in [1.54, 1.807) is 0 Å². The first-order valence-electron chi connectivity index (χ1n) is 4.82. The number of amidine groups is 1. The molecule has 1 aromatic rings. The minimum Gasteiger partial charge on any atom is -0.385 e. The van der Waals surface area contributed by atoms with Gasteiger partial charge in [-0.15, -0.1) is 5.10 Å². The van der Waals surface area contributed by atoms with Crippen LogP contribution in [0.4, 0.5) is 0 Å². The largest absolute Gasteiger partial charge is 0.385 e. The molecule has 1 aromatic carbocycles. The molecule has 0 amide bonds. The van der Waals surface area contributed by atoms with E-state index in [1.165, 1.54) is 0 Å². The molecule has 15 heavy (non-hydrogen) atoms. The third-order valence-corrected chi connectivity index (χ3v) is 2.94. The second-order valence-corrected chi connectivity index (χ2v) is 4.60. The van der Waals surface area contributed by atoms with Gasteiger partial charge in [-0.3, -0.25) is 0 Å². The van der Waals surface area contributed by atoms with Gasteiger partial charge in [0.05, 0.1) is 5.71 Å². The van der Waals surface area contributed by atoms with Crippen molar-refractivity contribution in [2.75, 3.05) is 0 Å². The van der Waals surface area contributed by atoms with E-state index in [0.717, 1.165) is 22.2 Å². The van der Waals surface area contributed by atoms with Crippen molar-refractivity contribution in [3.63, 3.8) is 0 Å². The molecule has 1 aliphatic heterocycles. The zero-order chi connectivity index (χ0) is 10.8. The Bertz CT molecular complexity index is 437. The maximum atomic E-state index is 5.68. The quantitative estimate of drug-likeness (QED) is 0.834. The molecule has 0 saturated heterocycles. The Morgan fingerprint density at radius 1 is 1.40 bits per heavy atom. The summed E-state index contributed by atoms with van der Waals surface area (Å²) in [6.45, 7) is 2.06. The highest BCUT2D eigenvalue weighted by Crippen LogP contribution is 2.18. The van der Waals surface area contributed by atoms with Crippen LogP contribution in [-0.2, 0) is 0 Å². The first-order valence-corrected chi connectivity index (χ1v) is 5.62. The van der Waals surface area contributed by atoms with E-state index in [1.807, 2.05) is 24.3 Å². The highest BCUT2D eigenvalue weighted by Gasteiger charge is 2.16. The molecule has 2 rings (SSSR count). The predicted octanol–water partition coefficient (Wildman–Crippen LogP) is 2.55. The SMILES string of the molecule is CC1CC(c2cccc(Br)c2)=NN=C1N. The fraction of sp³-hybridized carbons (Fsp3) is 0.273. The maximum Gasteiger partial charge on any atom is 0.125 e. The molecule has 2 N–H and O–H groups in total. The minimum atomic E-state index is 0.275. The summed E-state index contributed by atoms with van der Waals surface area (Å²) in [5.74, 6) is 0.894. The van der Waals surface area contributed by atoms with Crippen molar-refractivity contribution in [3.8, 4) is 0 Å². The first kappa shape index (κ1) is 10.4. The number of halogens is 1. The van der Waals surface area contributed by atoms with Gasteiger partial charge < -0.3 is 5.73 Å². The molecule has 0 fully saturated rings. The van der Waals surface area contributed by atoms with Gasteiger partial charge in [0.1, 0.15) is 5.84 Å². The Hall–Kier alpha value is -1.16. The zero-order valence-corrected chi connectivity index (χ0v) is 10.0. The second kappa shape index (κ2) is 4.14. The van der Waals surface area contributed by atoms with Crippen LogP contribution in [0.1, 0.15) is 18.9 Å². The van der Waals surface area contributed by atoms with Crippen molar-refractivity contribution in [3.05, 3.63) is 34.3 Å². The molecule has 4 heteroatoms. The summed E-state index contributed by atoms with van der Waals surface area (Å²) >= 11 is 3.44. The molecule has 0 spiro atoms. The van der Waals surface area contributed by atoms with E-state index in [0.29, 0.717) is 5.84 Å². The lowest BCUT2D eigenvalue weighted by molar-refractivity contribution is 0.779. The van der Waals surface area contributed by atoms with Crippen molar-refractivity contribution in [1.82, 2.24) is 0 Å². The highest BCUT2D eigenvalue weighted by atomic mass is 79.9. The van der Waals surface area contributed by atoms with Gasteiger partial charge >= 0.3 is 0 Å². The van der Waals surface area contributed by atoms with Crippen LogP contribution in [0.25, 0.3) is 0 Å². The Labute approximate surface area is 97.2 Å². The van der Waals surface area contributed by atoms with E-state index >= 15 is 0 Å². The lowest BCUT2D eigenvalue weighted by atomic mass is 9.97. The van der Waals surface area contributed by atoms with Gasteiger partial charge in [-0.2, -0.15) is 5.10 Å². The van der Waals surface area contributed by atoms with Crippen LogP contribution in [0.2, 0.25) is 0 Å². The lowest BCUT2D eigenvalue weighted by Crippen LogP contribution is -2.26. The topological polar surface area (TPSA) is 50.7 Å². The molecule has 78 valence electrons. The Morgan fingerprint density at radius 3 is 2.87 bits per heavy atom. The summed E-state index contributed by atoms with van der Waals surface area (Å²) in [4.78, 5) is 0. The molecular weight excluding hydrogens is 254 g/mol. The summed E-state index contributed by atoms with van der Waals surface area (Å²) in [5.41, 5.74) is 7.78. The fourth-order valence-corrected chi connectivity index (χ4v) is 1.89. The fourth-order valence-electron chi connectivity index (χ4n) is 1.50. The average molecular weight is 266 g/mol. The van der Waals surface area contributed by atoms with Crippen LogP contribution in [0.15, 0.2) is 38.9 Å². The van der Waals surface area contributed by atoms with E-state index in [-0.39, 0.29) is 5.92 Å². The Balaban J connectivity index is 2.33. The molecule has 1 unspecified atom stereocenters. The summed E-state index contributed by atoms with van der Waals surface area (Å²) in [6, 6.07) is 8.07. The molecule has 0 bridgehead atoms. The minimum absolute atomic E-state index is 0.275. The van der Waals surface area contributed by atoms with Crippen molar-refractivity contribution < 1.29 is 0 Å². The van der Waals surface area contributed by atoms with Crippen LogP contribution in [0.3, 0.4) is 0 Å². The van der Waals surface area contributed by atoms with Gasteiger partial charge in [0, 0.05) is 16.8 Å². The molecule has 1 heterocycles. The summed E-state index contributed by atoms with van der Waals surface area (Å²) in [6.07, 6.45) is 0.853. The molecule has 0 aliphatic carbocycles. The number of nitrogens with zero attached hydrogens (tertiary/aromatic N) is 2. The van der Waals surface area contributed by atoms with E-state index in [2.05, 4.69) is 33.1 Å². The van der Waals surface area contributed by atoms with E-state index < -0.39 is 0 Å². The normalized spacial score (nSPS) is 20.8. The molecule has 0 radical (unpaired) electrons. The van der Waals surface area contributed by atoms with Crippen molar-refractivity contribution in [2.24, 2.45) is 21.9 Å². The van der Waals surface area contributed by atoms with Crippen LogP contribution in [-0.4, -0.2) is 11.5 Å². The van der Waals surface area contributed by atoms with Crippen LogP contribution < -0.4 is 5.73 Å². The zero-order valence-electron chi connectivity index (χ0n) is 8.44. The number of hydrogen-bond donors (Lipinski definition) is 1. The standard InChI is InChI=1S/C11H12BrN3/c1-7-5-10(14-15-11(7)13)8-3-2-4-9(12)6-8/h2-4,6-7H,5H2,1H3,(H2,13,15). The van der Waals surface area contributed by atoms with Crippen molar-refractivity contribution in [2.45, 2.75) is 13.3 Å². The number of hydrogen-bond acceptors (Lipinski definition) is 3. The second-order valence-electron chi connectivity index (χ2n) is 3.69. The van der Waals surface area contributed by atoms with E-state index in [4.69, 9.17) is 5.73 Å². The predicted molar refractivity (Wildman–Crippen MR) is 66.1 cm³/mol. The summed E-state index contributed by atoms with van der Waals surface area (Å²) in [7, 11) is 0. The lowest BCUT2D eigenvalue weighted by Gasteiger charge is -2.16. The van der Waals surface area contributed by atoms with Gasteiger partial charge in [0.15, 0.2) is 0 Å². The number of benzene rings is 1. The maximum absolute atomic E-state index is 5.68. The average Bonchev–Trinajstić information content (AvgIpc) is 2.22.